The summed E-state index contributed by atoms with van der Waals surface area (Å²) >= 11 is 0. The van der Waals surface area contributed by atoms with Crippen LogP contribution in [0.15, 0.2) is 48.5 Å². The molecular weight excluding hydrogens is 302 g/mol. The van der Waals surface area contributed by atoms with Crippen LogP contribution in [0.5, 0.6) is 0 Å². The Hall–Kier alpha value is -2.46. The van der Waals surface area contributed by atoms with Crippen molar-refractivity contribution in [3.8, 4) is 0 Å². The zero-order valence-electron chi connectivity index (χ0n) is 14.1. The van der Waals surface area contributed by atoms with Crippen molar-refractivity contribution in [1.82, 2.24) is 0 Å². The van der Waals surface area contributed by atoms with Crippen molar-refractivity contribution in [1.29, 1.82) is 0 Å². The van der Waals surface area contributed by atoms with Crippen LogP contribution in [0.2, 0.25) is 0 Å². The molecule has 0 unspecified atom stereocenters. The molecule has 1 aliphatic heterocycles. The topological polar surface area (TPSA) is 66.4 Å². The fourth-order valence-corrected chi connectivity index (χ4v) is 2.97. The van der Waals surface area contributed by atoms with Gasteiger partial charge in [-0.15, -0.1) is 0 Å². The standard InChI is InChI=1S/C20H21NO3/c1-19(2,3)14-10-8-13(9-11-14)17(22)12-20(24)15-6-4-5-7-16(15)21-18(20)23/h4-11,24H,12H2,1-3H3,(H,21,23)/t20-/m1/s1. The average Bonchev–Trinajstić information content (AvgIpc) is 2.78. The minimum Gasteiger partial charge on any atom is -0.375 e. The van der Waals surface area contributed by atoms with Crippen LogP contribution in [0.1, 0.15) is 48.7 Å². The molecule has 124 valence electrons. The summed E-state index contributed by atoms with van der Waals surface area (Å²) in [6, 6.07) is 14.2. The predicted molar refractivity (Wildman–Crippen MR) is 93.1 cm³/mol. The predicted octanol–water partition coefficient (Wildman–Crippen LogP) is 3.40. The summed E-state index contributed by atoms with van der Waals surface area (Å²) in [5.74, 6) is -0.812. The molecule has 2 aromatic rings. The van der Waals surface area contributed by atoms with Crippen molar-refractivity contribution in [3.05, 3.63) is 65.2 Å². The van der Waals surface area contributed by atoms with E-state index in [0.29, 0.717) is 16.8 Å². The first-order valence-electron chi connectivity index (χ1n) is 7.99. The summed E-state index contributed by atoms with van der Waals surface area (Å²) in [7, 11) is 0. The molecule has 0 bridgehead atoms. The van der Waals surface area contributed by atoms with E-state index in [9.17, 15) is 14.7 Å². The third-order valence-corrected chi connectivity index (χ3v) is 4.49. The first-order chi connectivity index (χ1) is 11.2. The largest absolute Gasteiger partial charge is 0.375 e. The molecule has 0 fully saturated rings. The summed E-state index contributed by atoms with van der Waals surface area (Å²) in [6.07, 6.45) is -0.273. The maximum absolute atomic E-state index is 12.6. The summed E-state index contributed by atoms with van der Waals surface area (Å²) in [6.45, 7) is 6.31. The Balaban J connectivity index is 1.86. The number of ketones is 1. The van der Waals surface area contributed by atoms with Gasteiger partial charge in [0.25, 0.3) is 5.91 Å². The second-order valence-corrected chi connectivity index (χ2v) is 7.29. The number of para-hydroxylation sites is 1. The number of anilines is 1. The number of rotatable bonds is 3. The van der Waals surface area contributed by atoms with Crippen molar-refractivity contribution < 1.29 is 14.7 Å². The number of carbonyl (C=O) groups excluding carboxylic acids is 2. The molecule has 2 aromatic carbocycles. The van der Waals surface area contributed by atoms with Gasteiger partial charge in [-0.05, 0) is 17.0 Å². The maximum atomic E-state index is 12.6. The Bertz CT molecular complexity index is 802. The highest BCUT2D eigenvalue weighted by molar-refractivity contribution is 6.09. The number of amides is 1. The Morgan fingerprint density at radius 3 is 2.33 bits per heavy atom. The molecule has 24 heavy (non-hydrogen) atoms. The second-order valence-electron chi connectivity index (χ2n) is 7.29. The summed E-state index contributed by atoms with van der Waals surface area (Å²) in [4.78, 5) is 24.8. The van der Waals surface area contributed by atoms with E-state index in [1.165, 1.54) is 0 Å². The molecule has 1 heterocycles. The smallest absolute Gasteiger partial charge is 0.261 e. The van der Waals surface area contributed by atoms with E-state index < -0.39 is 11.5 Å². The number of hydrogen-bond donors (Lipinski definition) is 2. The lowest BCUT2D eigenvalue weighted by atomic mass is 9.85. The molecule has 4 nitrogen and oxygen atoms in total. The Kier molecular flexibility index (Phi) is 3.80. The van der Waals surface area contributed by atoms with Crippen LogP contribution in [0.4, 0.5) is 5.69 Å². The second kappa shape index (κ2) is 5.56. The molecule has 0 radical (unpaired) electrons. The Morgan fingerprint density at radius 1 is 1.08 bits per heavy atom. The first kappa shape index (κ1) is 16.4. The molecule has 0 aromatic heterocycles. The summed E-state index contributed by atoms with van der Waals surface area (Å²) in [5, 5.41) is 13.4. The van der Waals surface area contributed by atoms with E-state index in [-0.39, 0.29) is 17.6 Å². The van der Waals surface area contributed by atoms with E-state index in [0.717, 1.165) is 5.56 Å². The van der Waals surface area contributed by atoms with Gasteiger partial charge in [0, 0.05) is 16.8 Å². The van der Waals surface area contributed by atoms with Crippen LogP contribution >= 0.6 is 0 Å². The highest BCUT2D eigenvalue weighted by Crippen LogP contribution is 2.38. The molecule has 1 amide bonds. The van der Waals surface area contributed by atoms with Gasteiger partial charge in [0.15, 0.2) is 11.4 Å². The maximum Gasteiger partial charge on any atom is 0.261 e. The number of carbonyl (C=O) groups is 2. The van der Waals surface area contributed by atoms with Gasteiger partial charge in [0.2, 0.25) is 0 Å². The first-order valence-corrected chi connectivity index (χ1v) is 7.99. The van der Waals surface area contributed by atoms with Crippen molar-refractivity contribution in [2.75, 3.05) is 5.32 Å². The molecule has 0 spiro atoms. The third kappa shape index (κ3) is 2.74. The van der Waals surface area contributed by atoms with Crippen molar-refractivity contribution >= 4 is 17.4 Å². The van der Waals surface area contributed by atoms with Gasteiger partial charge in [0.1, 0.15) is 0 Å². The monoisotopic (exact) mass is 323 g/mol. The van der Waals surface area contributed by atoms with Gasteiger partial charge < -0.3 is 10.4 Å². The van der Waals surface area contributed by atoms with Gasteiger partial charge >= 0.3 is 0 Å². The molecule has 3 rings (SSSR count). The number of benzene rings is 2. The average molecular weight is 323 g/mol. The minimum absolute atomic E-state index is 0.00403. The van der Waals surface area contributed by atoms with Gasteiger partial charge in [-0.1, -0.05) is 63.2 Å². The van der Waals surface area contributed by atoms with Gasteiger partial charge in [-0.3, -0.25) is 9.59 Å². The lowest BCUT2D eigenvalue weighted by Gasteiger charge is -2.21. The number of aliphatic hydroxyl groups is 1. The van der Waals surface area contributed by atoms with E-state index >= 15 is 0 Å². The Morgan fingerprint density at radius 2 is 1.71 bits per heavy atom. The van der Waals surface area contributed by atoms with Crippen molar-refractivity contribution in [2.24, 2.45) is 0 Å². The fourth-order valence-electron chi connectivity index (χ4n) is 2.97. The number of nitrogens with one attached hydrogen (secondary N) is 1. The number of fused-ring (bicyclic) bond motifs is 1. The molecule has 0 saturated heterocycles. The Labute approximate surface area is 141 Å². The van der Waals surface area contributed by atoms with Gasteiger partial charge in [-0.25, -0.2) is 0 Å². The van der Waals surface area contributed by atoms with E-state index in [2.05, 4.69) is 26.1 Å². The van der Waals surface area contributed by atoms with Crippen LogP contribution in [0.3, 0.4) is 0 Å². The fraction of sp³-hybridized carbons (Fsp3) is 0.300. The van der Waals surface area contributed by atoms with Crippen molar-refractivity contribution in [3.63, 3.8) is 0 Å². The molecule has 2 N–H and O–H groups in total. The van der Waals surface area contributed by atoms with Gasteiger partial charge in [0.05, 0.1) is 6.42 Å². The lowest BCUT2D eigenvalue weighted by Crippen LogP contribution is -2.36. The summed E-state index contributed by atoms with van der Waals surface area (Å²) < 4.78 is 0. The van der Waals surface area contributed by atoms with Crippen LogP contribution in [-0.2, 0) is 15.8 Å². The molecule has 0 saturated carbocycles. The van der Waals surface area contributed by atoms with Crippen molar-refractivity contribution in [2.45, 2.75) is 38.2 Å². The lowest BCUT2D eigenvalue weighted by molar-refractivity contribution is -0.133. The molecule has 0 aliphatic carbocycles. The van der Waals surface area contributed by atoms with E-state index in [1.807, 2.05) is 12.1 Å². The minimum atomic E-state index is -1.81. The molecular formula is C20H21NO3. The molecule has 4 heteroatoms. The molecule has 1 atom stereocenters. The van der Waals surface area contributed by atoms with Crippen LogP contribution < -0.4 is 5.32 Å². The zero-order valence-corrected chi connectivity index (χ0v) is 14.1. The van der Waals surface area contributed by atoms with Crippen LogP contribution in [-0.4, -0.2) is 16.8 Å². The zero-order chi connectivity index (χ0) is 17.5. The summed E-state index contributed by atoms with van der Waals surface area (Å²) in [5.41, 5.74) is 0.825. The third-order valence-electron chi connectivity index (χ3n) is 4.49. The van der Waals surface area contributed by atoms with E-state index in [1.54, 1.807) is 36.4 Å². The molecule has 1 aliphatic rings. The quantitative estimate of drug-likeness (QED) is 0.851. The highest BCUT2D eigenvalue weighted by atomic mass is 16.3. The van der Waals surface area contributed by atoms with E-state index in [4.69, 9.17) is 0 Å². The number of Topliss-reactive ketones (excluding diaryl/α,β-unsaturated/α-hetero) is 1. The van der Waals surface area contributed by atoms with Crippen LogP contribution in [0, 0.1) is 0 Å². The number of hydrogen-bond acceptors (Lipinski definition) is 3. The van der Waals surface area contributed by atoms with Gasteiger partial charge in [-0.2, -0.15) is 0 Å². The van der Waals surface area contributed by atoms with Crippen LogP contribution in [0.25, 0.3) is 0 Å². The highest BCUT2D eigenvalue weighted by Gasteiger charge is 2.46. The normalized spacial score (nSPS) is 19.8. The SMILES string of the molecule is CC(C)(C)c1ccc(C(=O)C[C@]2(O)C(=O)Nc3ccccc32)cc1.